The fourth-order valence-electron chi connectivity index (χ4n) is 2.48. The van der Waals surface area contributed by atoms with Crippen LogP contribution in [-0.2, 0) is 4.74 Å². The van der Waals surface area contributed by atoms with Gasteiger partial charge in [-0.1, -0.05) is 0 Å². The van der Waals surface area contributed by atoms with Crippen LogP contribution in [-0.4, -0.2) is 69.9 Å². The lowest BCUT2D eigenvalue weighted by atomic mass is 9.98. The molecule has 1 aromatic rings. The topological polar surface area (TPSA) is 121 Å². The molecule has 0 bridgehead atoms. The maximum Gasteiger partial charge on any atom is 0.194 e. The van der Waals surface area contributed by atoms with E-state index in [9.17, 15) is 28.5 Å². The zero-order valence-corrected chi connectivity index (χ0v) is 14.4. The molecule has 1 aromatic carbocycles. The number of aliphatic imine (C=N–C) groups is 1. The van der Waals surface area contributed by atoms with E-state index in [1.54, 1.807) is 6.26 Å². The second-order valence-corrected chi connectivity index (χ2v) is 6.42. The predicted octanol–water partition coefficient (Wildman–Crippen LogP) is 0.00810. The Morgan fingerprint density at radius 2 is 1.88 bits per heavy atom. The van der Waals surface area contributed by atoms with Crippen molar-refractivity contribution in [2.45, 2.75) is 29.8 Å². The van der Waals surface area contributed by atoms with E-state index in [1.165, 1.54) is 0 Å². The molecule has 1 saturated heterocycles. The van der Waals surface area contributed by atoms with E-state index >= 15 is 0 Å². The Labute approximate surface area is 151 Å². The minimum atomic E-state index is -1.63. The minimum Gasteiger partial charge on any atom is -0.394 e. The molecule has 144 valence electrons. The molecule has 0 saturated carbocycles. The van der Waals surface area contributed by atoms with Crippen LogP contribution in [0.15, 0.2) is 22.2 Å². The maximum atomic E-state index is 13.4. The number of nitrogens with two attached hydrogens (primary N) is 1. The highest BCUT2D eigenvalue weighted by molar-refractivity contribution is 7.99. The SMILES string of the molecule is CSC1OC(CO)C(O)C(N=CC(=NN)c2cc(F)c(F)c(F)c2)C1O. The molecule has 5 atom stereocenters. The Kier molecular flexibility index (Phi) is 7.01. The molecule has 0 radical (unpaired) electrons. The number of aliphatic hydroxyl groups is 3. The van der Waals surface area contributed by atoms with Crippen molar-refractivity contribution in [3.8, 4) is 0 Å². The van der Waals surface area contributed by atoms with Crippen LogP contribution in [0.1, 0.15) is 5.56 Å². The Morgan fingerprint density at radius 1 is 1.27 bits per heavy atom. The van der Waals surface area contributed by atoms with Gasteiger partial charge in [0.05, 0.1) is 6.61 Å². The zero-order valence-electron chi connectivity index (χ0n) is 13.6. The van der Waals surface area contributed by atoms with E-state index in [4.69, 9.17) is 10.6 Å². The lowest BCUT2D eigenvalue weighted by Crippen LogP contribution is -2.56. The molecule has 7 nitrogen and oxygen atoms in total. The predicted molar refractivity (Wildman–Crippen MR) is 90.6 cm³/mol. The summed E-state index contributed by atoms with van der Waals surface area (Å²) >= 11 is 1.16. The van der Waals surface area contributed by atoms with Crippen molar-refractivity contribution in [1.82, 2.24) is 0 Å². The van der Waals surface area contributed by atoms with E-state index in [0.29, 0.717) is 12.1 Å². The van der Waals surface area contributed by atoms with Crippen LogP contribution < -0.4 is 5.84 Å². The first-order chi connectivity index (χ1) is 12.3. The van der Waals surface area contributed by atoms with Gasteiger partial charge in [-0.15, -0.1) is 11.8 Å². The normalized spacial score (nSPS) is 30.1. The molecule has 5 unspecified atom stereocenters. The van der Waals surface area contributed by atoms with E-state index in [2.05, 4.69) is 10.1 Å². The van der Waals surface area contributed by atoms with Gasteiger partial charge in [-0.2, -0.15) is 5.10 Å². The standard InChI is InChI=1S/C15H18F3N3O4S/c1-26-15-14(24)12(13(23)10(5-22)25-15)20-4-9(21-19)6-2-7(16)11(18)8(17)3-6/h2-4,10,12-15,22-24H,5,19H2,1H3. The molecular formula is C15H18F3N3O4S. The minimum absolute atomic E-state index is 0.177. The van der Waals surface area contributed by atoms with Crippen LogP contribution in [0.2, 0.25) is 0 Å². The second-order valence-electron chi connectivity index (χ2n) is 5.48. The van der Waals surface area contributed by atoms with E-state index in [0.717, 1.165) is 18.0 Å². The number of hydrogen-bond donors (Lipinski definition) is 4. The first kappa shape index (κ1) is 20.6. The lowest BCUT2D eigenvalue weighted by molar-refractivity contribution is -0.159. The van der Waals surface area contributed by atoms with Gasteiger partial charge < -0.3 is 25.9 Å². The van der Waals surface area contributed by atoms with Crippen LogP contribution in [0, 0.1) is 17.5 Å². The molecule has 1 aliphatic rings. The number of ether oxygens (including phenoxy) is 1. The Hall–Kier alpha value is -1.66. The number of aliphatic hydroxyl groups excluding tert-OH is 3. The number of thioether (sulfide) groups is 1. The number of hydrogen-bond acceptors (Lipinski definition) is 8. The molecule has 1 aliphatic heterocycles. The third-order valence-electron chi connectivity index (χ3n) is 3.87. The van der Waals surface area contributed by atoms with Gasteiger partial charge in [-0.05, 0) is 18.4 Å². The second kappa shape index (κ2) is 8.82. The summed E-state index contributed by atoms with van der Waals surface area (Å²) in [5, 5.41) is 33.1. The molecule has 0 aliphatic carbocycles. The first-order valence-electron chi connectivity index (χ1n) is 7.45. The third-order valence-corrected chi connectivity index (χ3v) is 4.72. The Morgan fingerprint density at radius 3 is 2.38 bits per heavy atom. The van der Waals surface area contributed by atoms with Gasteiger partial charge in [0.15, 0.2) is 17.5 Å². The number of rotatable bonds is 5. The van der Waals surface area contributed by atoms with Gasteiger partial charge >= 0.3 is 0 Å². The molecule has 0 amide bonds. The van der Waals surface area contributed by atoms with Crippen LogP contribution in [0.5, 0.6) is 0 Å². The van der Waals surface area contributed by atoms with Crippen molar-refractivity contribution >= 4 is 23.7 Å². The van der Waals surface area contributed by atoms with Gasteiger partial charge in [0.2, 0.25) is 0 Å². The molecule has 1 heterocycles. The largest absolute Gasteiger partial charge is 0.394 e. The fourth-order valence-corrected chi connectivity index (χ4v) is 3.17. The summed E-state index contributed by atoms with van der Waals surface area (Å²) in [6.07, 6.45) is -0.870. The summed E-state index contributed by atoms with van der Waals surface area (Å²) in [7, 11) is 0. The summed E-state index contributed by atoms with van der Waals surface area (Å²) in [4.78, 5) is 3.99. The number of benzene rings is 1. The monoisotopic (exact) mass is 393 g/mol. The molecule has 1 fully saturated rings. The highest BCUT2D eigenvalue weighted by Crippen LogP contribution is 2.28. The van der Waals surface area contributed by atoms with E-state index in [1.807, 2.05) is 0 Å². The average Bonchev–Trinajstić information content (AvgIpc) is 2.62. The van der Waals surface area contributed by atoms with Gasteiger partial charge in [0.1, 0.15) is 35.5 Å². The van der Waals surface area contributed by atoms with Gasteiger partial charge in [-0.3, -0.25) is 4.99 Å². The quantitative estimate of drug-likeness (QED) is 0.242. The fraction of sp³-hybridized carbons (Fsp3) is 0.467. The molecule has 26 heavy (non-hydrogen) atoms. The molecule has 5 N–H and O–H groups in total. The highest BCUT2D eigenvalue weighted by Gasteiger charge is 2.43. The van der Waals surface area contributed by atoms with E-state index < -0.39 is 53.8 Å². The van der Waals surface area contributed by atoms with Crippen molar-refractivity contribution in [3.63, 3.8) is 0 Å². The lowest BCUT2D eigenvalue weighted by Gasteiger charge is -2.39. The molecule has 0 aromatic heterocycles. The molecular weight excluding hydrogens is 375 g/mol. The summed E-state index contributed by atoms with van der Waals surface area (Å²) < 4.78 is 45.1. The van der Waals surface area contributed by atoms with Crippen molar-refractivity contribution in [3.05, 3.63) is 35.1 Å². The van der Waals surface area contributed by atoms with Gasteiger partial charge in [0.25, 0.3) is 0 Å². The number of halogens is 3. The van der Waals surface area contributed by atoms with Crippen LogP contribution in [0.25, 0.3) is 0 Å². The number of hydrazone groups is 1. The molecule has 2 rings (SSSR count). The van der Waals surface area contributed by atoms with Crippen molar-refractivity contribution in [1.29, 1.82) is 0 Å². The van der Waals surface area contributed by atoms with Crippen molar-refractivity contribution in [2.24, 2.45) is 15.9 Å². The van der Waals surface area contributed by atoms with Gasteiger partial charge in [0, 0.05) is 11.8 Å². The first-order valence-corrected chi connectivity index (χ1v) is 8.74. The van der Waals surface area contributed by atoms with E-state index in [-0.39, 0.29) is 11.3 Å². The smallest absolute Gasteiger partial charge is 0.194 e. The third kappa shape index (κ3) is 4.18. The zero-order chi connectivity index (χ0) is 19.4. The highest BCUT2D eigenvalue weighted by atomic mass is 32.2. The van der Waals surface area contributed by atoms with Crippen LogP contribution in [0.4, 0.5) is 13.2 Å². The van der Waals surface area contributed by atoms with Crippen molar-refractivity contribution < 1.29 is 33.2 Å². The molecule has 11 heteroatoms. The summed E-state index contributed by atoms with van der Waals surface area (Å²) in [5.41, 5.74) is -1.13. The average molecular weight is 393 g/mol. The van der Waals surface area contributed by atoms with Crippen LogP contribution >= 0.6 is 11.8 Å². The molecule has 0 spiro atoms. The van der Waals surface area contributed by atoms with Gasteiger partial charge in [-0.25, -0.2) is 13.2 Å². The van der Waals surface area contributed by atoms with Crippen molar-refractivity contribution in [2.75, 3.05) is 12.9 Å². The summed E-state index contributed by atoms with van der Waals surface area (Å²) in [6.45, 7) is -0.497. The summed E-state index contributed by atoms with van der Waals surface area (Å²) in [5.74, 6) is 0.711. The maximum absolute atomic E-state index is 13.4. The Balaban J connectivity index is 2.30. The number of nitrogens with zero attached hydrogens (tertiary/aromatic N) is 2. The summed E-state index contributed by atoms with van der Waals surface area (Å²) in [6, 6.07) is 0.271. The van der Waals surface area contributed by atoms with Crippen LogP contribution in [0.3, 0.4) is 0 Å². The Bertz CT molecular complexity index is 668.